The average Bonchev–Trinajstić information content (AvgIpc) is 2.15. The van der Waals surface area contributed by atoms with Crippen LogP contribution in [0.25, 0.3) is 0 Å². The lowest BCUT2D eigenvalue weighted by Gasteiger charge is -2.19. The van der Waals surface area contributed by atoms with Crippen molar-refractivity contribution >= 4 is 11.8 Å². The van der Waals surface area contributed by atoms with Crippen LogP contribution in [0.5, 0.6) is 0 Å². The van der Waals surface area contributed by atoms with E-state index in [9.17, 15) is 4.79 Å². The summed E-state index contributed by atoms with van der Waals surface area (Å²) in [6.45, 7) is 5.34. The largest absolute Gasteiger partial charge is 0.444 e. The van der Waals surface area contributed by atoms with Gasteiger partial charge in [0.2, 0.25) is 0 Å². The SMILES string of the molecule is CC(C)(C)OC(=O)Nc1[c]c(C#N)ccc1. The predicted octanol–water partition coefficient (Wildman–Crippen LogP) is 2.71. The number of ether oxygens (including phenoxy) is 1. The average molecular weight is 217 g/mol. The summed E-state index contributed by atoms with van der Waals surface area (Å²) < 4.78 is 5.06. The van der Waals surface area contributed by atoms with Crippen molar-refractivity contribution in [3.8, 4) is 6.07 Å². The molecular formula is C12H13N2O2. The van der Waals surface area contributed by atoms with E-state index in [4.69, 9.17) is 10.00 Å². The maximum atomic E-state index is 11.4. The predicted molar refractivity (Wildman–Crippen MR) is 59.8 cm³/mol. The summed E-state index contributed by atoms with van der Waals surface area (Å²) in [6, 6.07) is 9.60. The Kier molecular flexibility index (Phi) is 3.51. The van der Waals surface area contributed by atoms with E-state index in [0.717, 1.165) is 0 Å². The third kappa shape index (κ3) is 4.01. The van der Waals surface area contributed by atoms with Crippen molar-refractivity contribution < 1.29 is 9.53 Å². The molecule has 0 aliphatic rings. The molecule has 1 radical (unpaired) electrons. The summed E-state index contributed by atoms with van der Waals surface area (Å²) >= 11 is 0. The van der Waals surface area contributed by atoms with Crippen molar-refractivity contribution in [2.75, 3.05) is 5.32 Å². The molecule has 0 saturated heterocycles. The number of hydrogen-bond donors (Lipinski definition) is 1. The maximum absolute atomic E-state index is 11.4. The van der Waals surface area contributed by atoms with Gasteiger partial charge >= 0.3 is 6.09 Å². The standard InChI is InChI=1S/C12H13N2O2/c1-12(2,3)16-11(15)14-10-6-4-5-9(7-10)8-13/h4-6H,1-3H3,(H,14,15). The first kappa shape index (κ1) is 12.1. The summed E-state index contributed by atoms with van der Waals surface area (Å²) in [6.07, 6.45) is -0.557. The Bertz CT molecular complexity index is 427. The number of nitrogens with zero attached hydrogens (tertiary/aromatic N) is 1. The quantitative estimate of drug-likeness (QED) is 0.786. The zero-order valence-corrected chi connectivity index (χ0v) is 9.50. The van der Waals surface area contributed by atoms with Crippen LogP contribution >= 0.6 is 0 Å². The van der Waals surface area contributed by atoms with Gasteiger partial charge in [0.15, 0.2) is 0 Å². The molecule has 0 spiro atoms. The second kappa shape index (κ2) is 4.67. The fourth-order valence-electron chi connectivity index (χ4n) is 1.02. The molecule has 4 nitrogen and oxygen atoms in total. The van der Waals surface area contributed by atoms with Crippen molar-refractivity contribution in [2.45, 2.75) is 26.4 Å². The molecule has 0 aromatic heterocycles. The van der Waals surface area contributed by atoms with E-state index in [0.29, 0.717) is 11.3 Å². The second-order valence-corrected chi connectivity index (χ2v) is 4.22. The van der Waals surface area contributed by atoms with Gasteiger partial charge in [-0.05, 0) is 32.9 Å². The van der Waals surface area contributed by atoms with Gasteiger partial charge in [-0.3, -0.25) is 5.32 Å². The first-order valence-corrected chi connectivity index (χ1v) is 4.83. The molecule has 16 heavy (non-hydrogen) atoms. The molecule has 4 heteroatoms. The number of nitrogens with one attached hydrogen (secondary N) is 1. The highest BCUT2D eigenvalue weighted by Crippen LogP contribution is 2.12. The van der Waals surface area contributed by atoms with Crippen molar-refractivity contribution in [1.82, 2.24) is 0 Å². The zero-order valence-electron chi connectivity index (χ0n) is 9.50. The Morgan fingerprint density at radius 2 is 2.19 bits per heavy atom. The maximum Gasteiger partial charge on any atom is 0.412 e. The third-order valence-electron chi connectivity index (χ3n) is 1.55. The summed E-state index contributed by atoms with van der Waals surface area (Å²) in [5, 5.41) is 11.2. The van der Waals surface area contributed by atoms with Crippen LogP contribution in [0, 0.1) is 17.4 Å². The lowest BCUT2D eigenvalue weighted by molar-refractivity contribution is 0.0636. The number of carbonyl (C=O) groups is 1. The lowest BCUT2D eigenvalue weighted by Crippen LogP contribution is -2.27. The number of hydrogen-bond acceptors (Lipinski definition) is 3. The molecule has 0 saturated carbocycles. The number of amides is 1. The molecule has 1 rings (SSSR count). The van der Waals surface area contributed by atoms with Gasteiger partial charge < -0.3 is 4.74 Å². The van der Waals surface area contributed by atoms with E-state index in [2.05, 4.69) is 11.4 Å². The van der Waals surface area contributed by atoms with Gasteiger partial charge in [-0.25, -0.2) is 4.79 Å². The van der Waals surface area contributed by atoms with Crippen LogP contribution in [0.2, 0.25) is 0 Å². The third-order valence-corrected chi connectivity index (χ3v) is 1.55. The lowest BCUT2D eigenvalue weighted by atomic mass is 10.2. The Hall–Kier alpha value is -2.02. The Morgan fingerprint density at radius 3 is 2.75 bits per heavy atom. The van der Waals surface area contributed by atoms with Gasteiger partial charge in [0, 0.05) is 6.07 Å². The molecule has 0 unspecified atom stereocenters. The normalized spacial score (nSPS) is 10.4. The minimum absolute atomic E-state index is 0.369. The Labute approximate surface area is 94.8 Å². The van der Waals surface area contributed by atoms with Crippen molar-refractivity contribution in [2.24, 2.45) is 0 Å². The van der Waals surface area contributed by atoms with Crippen LogP contribution in [0.3, 0.4) is 0 Å². The molecule has 1 N–H and O–H groups in total. The smallest absolute Gasteiger partial charge is 0.412 e. The molecule has 83 valence electrons. The van der Waals surface area contributed by atoms with E-state index in [-0.39, 0.29) is 0 Å². The fraction of sp³-hybridized carbons (Fsp3) is 0.333. The van der Waals surface area contributed by atoms with Gasteiger partial charge in [0.25, 0.3) is 0 Å². The monoisotopic (exact) mass is 217 g/mol. The van der Waals surface area contributed by atoms with E-state index >= 15 is 0 Å². The van der Waals surface area contributed by atoms with E-state index in [1.165, 1.54) is 0 Å². The first-order chi connectivity index (χ1) is 7.40. The van der Waals surface area contributed by atoms with Crippen molar-refractivity contribution in [3.05, 3.63) is 29.8 Å². The number of carbonyl (C=O) groups excluding carboxylic acids is 1. The van der Waals surface area contributed by atoms with Gasteiger partial charge in [0.05, 0.1) is 17.3 Å². The Balaban J connectivity index is 2.67. The zero-order chi connectivity index (χ0) is 12.2. The summed E-state index contributed by atoms with van der Waals surface area (Å²) in [4.78, 5) is 11.4. The van der Waals surface area contributed by atoms with E-state index in [1.54, 1.807) is 39.0 Å². The molecule has 0 bridgehead atoms. The highest BCUT2D eigenvalue weighted by molar-refractivity contribution is 5.84. The van der Waals surface area contributed by atoms with Gasteiger partial charge in [0.1, 0.15) is 5.60 Å². The van der Waals surface area contributed by atoms with E-state index in [1.807, 2.05) is 6.07 Å². The number of benzene rings is 1. The summed E-state index contributed by atoms with van der Waals surface area (Å²) in [7, 11) is 0. The van der Waals surface area contributed by atoms with Crippen molar-refractivity contribution in [1.29, 1.82) is 5.26 Å². The topological polar surface area (TPSA) is 62.1 Å². The molecule has 0 atom stereocenters. The van der Waals surface area contributed by atoms with Gasteiger partial charge in [-0.1, -0.05) is 6.07 Å². The summed E-state index contributed by atoms with van der Waals surface area (Å²) in [5.41, 5.74) is 0.249. The van der Waals surface area contributed by atoms with Crippen LogP contribution < -0.4 is 5.32 Å². The first-order valence-electron chi connectivity index (χ1n) is 4.83. The highest BCUT2D eigenvalue weighted by Gasteiger charge is 2.16. The highest BCUT2D eigenvalue weighted by atomic mass is 16.6. The van der Waals surface area contributed by atoms with Crippen molar-refractivity contribution in [3.63, 3.8) is 0 Å². The minimum atomic E-state index is -0.557. The second-order valence-electron chi connectivity index (χ2n) is 4.22. The molecule has 1 aromatic carbocycles. The number of anilines is 1. The molecule has 0 fully saturated rings. The molecule has 0 aliphatic heterocycles. The number of nitriles is 1. The minimum Gasteiger partial charge on any atom is -0.444 e. The molecule has 1 amide bonds. The van der Waals surface area contributed by atoms with Crippen LogP contribution in [0.1, 0.15) is 26.3 Å². The molecule has 1 aromatic rings. The van der Waals surface area contributed by atoms with E-state index < -0.39 is 11.7 Å². The van der Waals surface area contributed by atoms with Gasteiger partial charge in [-0.15, -0.1) is 0 Å². The fourth-order valence-corrected chi connectivity index (χ4v) is 1.02. The van der Waals surface area contributed by atoms with Crippen LogP contribution in [0.4, 0.5) is 10.5 Å². The molecular weight excluding hydrogens is 204 g/mol. The number of rotatable bonds is 1. The summed E-state index contributed by atoms with van der Waals surface area (Å²) in [5.74, 6) is 0. The van der Waals surface area contributed by atoms with Crippen LogP contribution in [-0.2, 0) is 4.74 Å². The molecule has 0 heterocycles. The van der Waals surface area contributed by atoms with Crippen LogP contribution in [-0.4, -0.2) is 11.7 Å². The Morgan fingerprint density at radius 1 is 1.50 bits per heavy atom. The molecule has 0 aliphatic carbocycles. The van der Waals surface area contributed by atoms with Gasteiger partial charge in [-0.2, -0.15) is 5.26 Å². The van der Waals surface area contributed by atoms with Crippen LogP contribution in [0.15, 0.2) is 18.2 Å².